The number of nitrogens with one attached hydrogen (secondary N) is 1. The molecule has 6 nitrogen and oxygen atoms in total. The minimum atomic E-state index is 0.174. The number of aliphatic hydroxyl groups excluding tert-OH is 1. The van der Waals surface area contributed by atoms with Gasteiger partial charge in [0.25, 0.3) is 0 Å². The third kappa shape index (κ3) is 3.17. The summed E-state index contributed by atoms with van der Waals surface area (Å²) in [6.45, 7) is 6.96. The molecule has 2 aliphatic rings. The molecular formula is C15H24N4O2. The monoisotopic (exact) mass is 292 g/mol. The van der Waals surface area contributed by atoms with E-state index in [0.29, 0.717) is 12.1 Å². The van der Waals surface area contributed by atoms with Crippen molar-refractivity contribution in [3.05, 3.63) is 17.6 Å². The summed E-state index contributed by atoms with van der Waals surface area (Å²) < 4.78 is 5.82. The Bertz CT molecular complexity index is 497. The fourth-order valence-corrected chi connectivity index (χ4v) is 3.24. The lowest BCUT2D eigenvalue weighted by Crippen LogP contribution is -2.46. The number of hydrogen-bond donors (Lipinski definition) is 2. The standard InChI is InChI=1S/C15H24N4O2/c1-10-11(2)16-9-17-15(10)18-12-5-13-8-21-14(3-4-20)7-19(13)6-12/h9,12-14,20H,3-8H2,1-2H3,(H,16,17,18)/t12-,13-,14-/m0/s1. The summed E-state index contributed by atoms with van der Waals surface area (Å²) in [7, 11) is 0. The molecule has 6 heteroatoms. The molecule has 3 heterocycles. The quantitative estimate of drug-likeness (QED) is 0.852. The molecule has 2 saturated heterocycles. The summed E-state index contributed by atoms with van der Waals surface area (Å²) in [5, 5.41) is 12.6. The van der Waals surface area contributed by atoms with Gasteiger partial charge in [-0.05, 0) is 26.7 Å². The molecule has 0 saturated carbocycles. The molecule has 2 aliphatic heterocycles. The number of rotatable bonds is 4. The van der Waals surface area contributed by atoms with Gasteiger partial charge in [0, 0.05) is 43.0 Å². The number of fused-ring (bicyclic) bond motifs is 1. The van der Waals surface area contributed by atoms with Gasteiger partial charge in [-0.3, -0.25) is 4.90 Å². The van der Waals surface area contributed by atoms with Gasteiger partial charge in [-0.2, -0.15) is 0 Å². The maximum atomic E-state index is 9.04. The van der Waals surface area contributed by atoms with E-state index in [2.05, 4.69) is 27.1 Å². The number of aromatic nitrogens is 2. The van der Waals surface area contributed by atoms with Crippen molar-refractivity contribution in [2.75, 3.05) is 31.6 Å². The third-order valence-corrected chi connectivity index (χ3v) is 4.62. The van der Waals surface area contributed by atoms with Crippen LogP contribution in [0.1, 0.15) is 24.1 Å². The Balaban J connectivity index is 1.61. The van der Waals surface area contributed by atoms with Crippen molar-refractivity contribution < 1.29 is 9.84 Å². The molecule has 0 aromatic carbocycles. The summed E-state index contributed by atoms with van der Waals surface area (Å²) in [4.78, 5) is 11.0. The molecule has 1 aromatic heterocycles. The highest BCUT2D eigenvalue weighted by atomic mass is 16.5. The van der Waals surface area contributed by atoms with Crippen LogP contribution >= 0.6 is 0 Å². The van der Waals surface area contributed by atoms with Crippen LogP contribution in [0.5, 0.6) is 0 Å². The summed E-state index contributed by atoms with van der Waals surface area (Å²) in [5.74, 6) is 0.945. The lowest BCUT2D eigenvalue weighted by atomic mass is 10.1. The zero-order valence-electron chi connectivity index (χ0n) is 12.7. The molecule has 0 unspecified atom stereocenters. The average molecular weight is 292 g/mol. The zero-order chi connectivity index (χ0) is 14.8. The Morgan fingerprint density at radius 3 is 3.05 bits per heavy atom. The normalized spacial score (nSPS) is 29.4. The maximum Gasteiger partial charge on any atom is 0.132 e. The van der Waals surface area contributed by atoms with E-state index in [1.54, 1.807) is 6.33 Å². The summed E-state index contributed by atoms with van der Waals surface area (Å²) in [6.07, 6.45) is 3.60. The van der Waals surface area contributed by atoms with Crippen LogP contribution in [0.25, 0.3) is 0 Å². The topological polar surface area (TPSA) is 70.5 Å². The van der Waals surface area contributed by atoms with Crippen molar-refractivity contribution in [2.45, 2.75) is 44.9 Å². The predicted octanol–water partition coefficient (Wildman–Crippen LogP) is 0.729. The fraction of sp³-hybridized carbons (Fsp3) is 0.733. The van der Waals surface area contributed by atoms with Crippen LogP contribution in [0.4, 0.5) is 5.82 Å². The molecule has 0 aliphatic carbocycles. The van der Waals surface area contributed by atoms with Crippen molar-refractivity contribution in [3.63, 3.8) is 0 Å². The van der Waals surface area contributed by atoms with Gasteiger partial charge in [-0.25, -0.2) is 9.97 Å². The van der Waals surface area contributed by atoms with E-state index in [9.17, 15) is 0 Å². The van der Waals surface area contributed by atoms with Crippen molar-refractivity contribution >= 4 is 5.82 Å². The molecule has 3 rings (SSSR count). The van der Waals surface area contributed by atoms with Gasteiger partial charge < -0.3 is 15.2 Å². The zero-order valence-corrected chi connectivity index (χ0v) is 12.7. The van der Waals surface area contributed by atoms with E-state index in [1.165, 1.54) is 0 Å². The maximum absolute atomic E-state index is 9.04. The minimum absolute atomic E-state index is 0.174. The van der Waals surface area contributed by atoms with E-state index in [0.717, 1.165) is 49.6 Å². The van der Waals surface area contributed by atoms with Gasteiger partial charge in [0.15, 0.2) is 0 Å². The number of nitrogens with zero attached hydrogens (tertiary/aromatic N) is 3. The predicted molar refractivity (Wildman–Crippen MR) is 80.3 cm³/mol. The van der Waals surface area contributed by atoms with Crippen molar-refractivity contribution in [2.24, 2.45) is 0 Å². The van der Waals surface area contributed by atoms with E-state index in [4.69, 9.17) is 9.84 Å². The van der Waals surface area contributed by atoms with Gasteiger partial charge in [0.2, 0.25) is 0 Å². The lowest BCUT2D eigenvalue weighted by molar-refractivity contribution is -0.0566. The first-order valence-corrected chi connectivity index (χ1v) is 7.68. The van der Waals surface area contributed by atoms with Gasteiger partial charge >= 0.3 is 0 Å². The van der Waals surface area contributed by atoms with Gasteiger partial charge in [-0.15, -0.1) is 0 Å². The number of morpholine rings is 1. The van der Waals surface area contributed by atoms with Crippen LogP contribution in [0, 0.1) is 13.8 Å². The Labute approximate surface area is 125 Å². The molecule has 0 bridgehead atoms. The smallest absolute Gasteiger partial charge is 0.132 e. The van der Waals surface area contributed by atoms with Crippen LogP contribution < -0.4 is 5.32 Å². The first-order chi connectivity index (χ1) is 10.2. The molecule has 2 N–H and O–H groups in total. The highest BCUT2D eigenvalue weighted by Crippen LogP contribution is 2.26. The SMILES string of the molecule is Cc1ncnc(N[C@H]2C[C@H]3CO[C@@H](CCO)CN3C2)c1C. The first kappa shape index (κ1) is 14.7. The van der Waals surface area contributed by atoms with E-state index in [1.807, 2.05) is 6.92 Å². The number of hydrogen-bond acceptors (Lipinski definition) is 6. The van der Waals surface area contributed by atoms with E-state index >= 15 is 0 Å². The van der Waals surface area contributed by atoms with Crippen LogP contribution in [0.2, 0.25) is 0 Å². The molecule has 0 radical (unpaired) electrons. The Morgan fingerprint density at radius 2 is 2.24 bits per heavy atom. The largest absolute Gasteiger partial charge is 0.396 e. The molecule has 116 valence electrons. The first-order valence-electron chi connectivity index (χ1n) is 7.68. The highest BCUT2D eigenvalue weighted by molar-refractivity contribution is 5.45. The van der Waals surface area contributed by atoms with Gasteiger partial charge in [0.1, 0.15) is 12.1 Å². The third-order valence-electron chi connectivity index (χ3n) is 4.62. The van der Waals surface area contributed by atoms with Crippen LogP contribution in [-0.4, -0.2) is 64.5 Å². The second-order valence-corrected chi connectivity index (χ2v) is 6.08. The van der Waals surface area contributed by atoms with Crippen LogP contribution in [0.15, 0.2) is 6.33 Å². The van der Waals surface area contributed by atoms with E-state index in [-0.39, 0.29) is 12.7 Å². The second kappa shape index (κ2) is 6.25. The van der Waals surface area contributed by atoms with Crippen molar-refractivity contribution in [1.29, 1.82) is 0 Å². The Morgan fingerprint density at radius 1 is 1.38 bits per heavy atom. The molecule has 21 heavy (non-hydrogen) atoms. The molecule has 2 fully saturated rings. The van der Waals surface area contributed by atoms with E-state index < -0.39 is 0 Å². The molecule has 0 amide bonds. The number of anilines is 1. The fourth-order valence-electron chi connectivity index (χ4n) is 3.24. The summed E-state index contributed by atoms with van der Waals surface area (Å²) in [6, 6.07) is 0.889. The van der Waals surface area contributed by atoms with Gasteiger partial charge in [-0.1, -0.05) is 0 Å². The number of ether oxygens (including phenoxy) is 1. The number of aryl methyl sites for hydroxylation is 1. The Hall–Kier alpha value is -1.24. The van der Waals surface area contributed by atoms with Crippen molar-refractivity contribution in [3.8, 4) is 0 Å². The summed E-state index contributed by atoms with van der Waals surface area (Å²) >= 11 is 0. The minimum Gasteiger partial charge on any atom is -0.396 e. The lowest BCUT2D eigenvalue weighted by Gasteiger charge is -2.34. The Kier molecular flexibility index (Phi) is 4.37. The molecule has 3 atom stereocenters. The molecule has 0 spiro atoms. The highest BCUT2D eigenvalue weighted by Gasteiger charge is 2.37. The second-order valence-electron chi connectivity index (χ2n) is 6.08. The number of aliphatic hydroxyl groups is 1. The molecule has 1 aromatic rings. The van der Waals surface area contributed by atoms with Crippen LogP contribution in [-0.2, 0) is 4.74 Å². The average Bonchev–Trinajstić information content (AvgIpc) is 2.86. The van der Waals surface area contributed by atoms with Crippen LogP contribution in [0.3, 0.4) is 0 Å². The van der Waals surface area contributed by atoms with Crippen molar-refractivity contribution in [1.82, 2.24) is 14.9 Å². The summed E-state index contributed by atoms with van der Waals surface area (Å²) in [5.41, 5.74) is 2.14. The van der Waals surface area contributed by atoms with Gasteiger partial charge in [0.05, 0.1) is 12.7 Å². The molecular weight excluding hydrogens is 268 g/mol.